The molecule has 0 amide bonds. The molecular weight excluding hydrogens is 412 g/mol. The van der Waals surface area contributed by atoms with E-state index >= 15 is 0 Å². The quantitative estimate of drug-likeness (QED) is 0.487. The lowest BCUT2D eigenvalue weighted by Gasteiger charge is -2.56. The van der Waals surface area contributed by atoms with E-state index in [0.29, 0.717) is 42.6 Å². The highest BCUT2D eigenvalue weighted by Gasteiger charge is 2.62. The monoisotopic (exact) mass is 462 g/mol. The number of aliphatic hydroxyl groups excluding tert-OH is 2. The summed E-state index contributed by atoms with van der Waals surface area (Å²) >= 11 is 0. The van der Waals surface area contributed by atoms with E-state index in [4.69, 9.17) is 4.74 Å². The first-order valence-electron chi connectivity index (χ1n) is 14.1. The van der Waals surface area contributed by atoms with Crippen LogP contribution in [0.25, 0.3) is 0 Å². The number of carbonyl (C=O) groups is 1. The summed E-state index contributed by atoms with van der Waals surface area (Å²) in [6.07, 6.45) is 8.18. The third kappa shape index (κ3) is 4.30. The maximum Gasteiger partial charge on any atom is 0.309 e. The van der Waals surface area contributed by atoms with E-state index in [-0.39, 0.29) is 17.3 Å². The Kier molecular flexibility index (Phi) is 7.30. The van der Waals surface area contributed by atoms with Crippen molar-refractivity contribution in [2.24, 2.45) is 58.2 Å². The van der Waals surface area contributed by atoms with Crippen LogP contribution in [0.5, 0.6) is 0 Å². The van der Waals surface area contributed by atoms with Crippen LogP contribution in [0.3, 0.4) is 0 Å². The van der Waals surface area contributed by atoms with Gasteiger partial charge in [0.05, 0.1) is 24.7 Å². The van der Waals surface area contributed by atoms with Gasteiger partial charge in [-0.2, -0.15) is 0 Å². The minimum Gasteiger partial charge on any atom is -0.465 e. The van der Waals surface area contributed by atoms with Crippen molar-refractivity contribution in [3.8, 4) is 0 Å². The zero-order chi connectivity index (χ0) is 24.1. The Morgan fingerprint density at radius 1 is 1.00 bits per heavy atom. The second-order valence-electron chi connectivity index (χ2n) is 13.3. The SMILES string of the molecule is CC[C@H](CC[C@@H](C)[C@H]1CC[C@H]2[C@@H]3COC(=O)[C@H]4C[C@H](O)[C@@H](O)C[C@]4(C)[C@H]3CC[C@]12C)C(C)C. The fourth-order valence-corrected chi connectivity index (χ4v) is 9.45. The fourth-order valence-electron chi connectivity index (χ4n) is 9.45. The second kappa shape index (κ2) is 9.45. The molecule has 0 aromatic heterocycles. The van der Waals surface area contributed by atoms with Crippen LogP contribution < -0.4 is 0 Å². The molecule has 1 aliphatic heterocycles. The summed E-state index contributed by atoms with van der Waals surface area (Å²) in [7, 11) is 0. The van der Waals surface area contributed by atoms with E-state index in [9.17, 15) is 15.0 Å². The van der Waals surface area contributed by atoms with Gasteiger partial charge in [0.1, 0.15) is 0 Å². The lowest BCUT2D eigenvalue weighted by molar-refractivity contribution is -0.162. The number of carbonyl (C=O) groups excluding carboxylic acids is 1. The number of hydrogen-bond donors (Lipinski definition) is 2. The molecule has 0 aromatic carbocycles. The molecule has 0 bridgehead atoms. The van der Waals surface area contributed by atoms with Crippen molar-refractivity contribution < 1.29 is 19.7 Å². The number of hydrogen-bond acceptors (Lipinski definition) is 4. The predicted octanol–water partition coefficient (Wildman–Crippen LogP) is 5.84. The van der Waals surface area contributed by atoms with Gasteiger partial charge in [0.2, 0.25) is 0 Å². The van der Waals surface area contributed by atoms with Gasteiger partial charge < -0.3 is 14.9 Å². The van der Waals surface area contributed by atoms with Crippen LogP contribution in [-0.2, 0) is 9.53 Å². The average Bonchev–Trinajstić information content (AvgIpc) is 3.06. The maximum atomic E-state index is 13.0. The van der Waals surface area contributed by atoms with E-state index in [2.05, 4.69) is 41.5 Å². The molecule has 0 aromatic rings. The molecule has 4 heteroatoms. The molecule has 4 aliphatic rings. The molecule has 0 radical (unpaired) electrons. The van der Waals surface area contributed by atoms with Gasteiger partial charge in [0, 0.05) is 0 Å². The van der Waals surface area contributed by atoms with E-state index in [1.54, 1.807) is 0 Å². The van der Waals surface area contributed by atoms with Crippen LogP contribution in [-0.4, -0.2) is 35.0 Å². The van der Waals surface area contributed by atoms with Gasteiger partial charge in [0.15, 0.2) is 0 Å². The lowest BCUT2D eigenvalue weighted by Crippen LogP contribution is -2.54. The van der Waals surface area contributed by atoms with Crippen molar-refractivity contribution in [1.29, 1.82) is 0 Å². The van der Waals surface area contributed by atoms with Crippen LogP contribution >= 0.6 is 0 Å². The van der Waals surface area contributed by atoms with Gasteiger partial charge in [-0.3, -0.25) is 4.79 Å². The summed E-state index contributed by atoms with van der Waals surface area (Å²) in [5.74, 6) is 4.07. The van der Waals surface area contributed by atoms with Crippen LogP contribution in [0.15, 0.2) is 0 Å². The van der Waals surface area contributed by atoms with Crippen molar-refractivity contribution in [1.82, 2.24) is 0 Å². The van der Waals surface area contributed by atoms with E-state index in [1.165, 1.54) is 38.5 Å². The molecule has 4 fully saturated rings. The molecule has 3 aliphatic carbocycles. The third-order valence-corrected chi connectivity index (χ3v) is 11.6. The molecule has 3 saturated carbocycles. The maximum absolute atomic E-state index is 13.0. The first-order valence-corrected chi connectivity index (χ1v) is 14.1. The van der Waals surface area contributed by atoms with Crippen LogP contribution in [0.1, 0.15) is 99.3 Å². The third-order valence-electron chi connectivity index (χ3n) is 11.6. The summed E-state index contributed by atoms with van der Waals surface area (Å²) in [4.78, 5) is 13.0. The Labute approximate surface area is 202 Å². The minimum absolute atomic E-state index is 0.137. The number of ether oxygens (including phenoxy) is 1. The Balaban J connectivity index is 1.53. The standard InChI is InChI=1S/C29H50O4/c1-7-19(17(2)3)9-8-18(4)21-10-11-22-20-16-33-27(32)24-14-25(30)26(31)15-29(24,6)23(20)12-13-28(21,22)5/h17-26,30-31H,7-16H2,1-6H3/t18-,19-,20+,21-,22+,23+,24-,25+,26+,28-,29-/m1/s1. The van der Waals surface area contributed by atoms with Crippen molar-refractivity contribution in [3.63, 3.8) is 0 Å². The van der Waals surface area contributed by atoms with Crippen molar-refractivity contribution in [3.05, 3.63) is 0 Å². The molecule has 0 spiro atoms. The highest BCUT2D eigenvalue weighted by atomic mass is 16.5. The molecule has 190 valence electrons. The average molecular weight is 463 g/mol. The Morgan fingerprint density at radius 3 is 2.36 bits per heavy atom. The summed E-state index contributed by atoms with van der Waals surface area (Å²) in [6.45, 7) is 14.9. The molecule has 11 atom stereocenters. The first kappa shape index (κ1) is 25.5. The molecular formula is C29H50O4. The van der Waals surface area contributed by atoms with Crippen molar-refractivity contribution >= 4 is 5.97 Å². The fraction of sp³-hybridized carbons (Fsp3) is 0.966. The molecule has 1 heterocycles. The summed E-state index contributed by atoms with van der Waals surface area (Å²) < 4.78 is 5.93. The Hall–Kier alpha value is -0.610. The second-order valence-corrected chi connectivity index (χ2v) is 13.3. The van der Waals surface area contributed by atoms with Gasteiger partial charge in [-0.25, -0.2) is 0 Å². The zero-order valence-electron chi connectivity index (χ0n) is 22.1. The zero-order valence-corrected chi connectivity index (χ0v) is 22.1. The van der Waals surface area contributed by atoms with E-state index in [1.807, 2.05) is 0 Å². The highest BCUT2D eigenvalue weighted by Crippen LogP contribution is 2.66. The molecule has 4 rings (SSSR count). The number of fused-ring (bicyclic) bond motifs is 5. The molecule has 33 heavy (non-hydrogen) atoms. The van der Waals surface area contributed by atoms with E-state index in [0.717, 1.165) is 30.1 Å². The van der Waals surface area contributed by atoms with Gasteiger partial charge in [0.25, 0.3) is 0 Å². The number of aliphatic hydroxyl groups is 2. The summed E-state index contributed by atoms with van der Waals surface area (Å²) in [6, 6.07) is 0. The number of cyclic esters (lactones) is 1. The van der Waals surface area contributed by atoms with Crippen LogP contribution in [0.2, 0.25) is 0 Å². The molecule has 4 nitrogen and oxygen atoms in total. The van der Waals surface area contributed by atoms with E-state index < -0.39 is 12.2 Å². The smallest absolute Gasteiger partial charge is 0.309 e. The molecule has 1 saturated heterocycles. The normalized spacial score (nSPS) is 47.2. The van der Waals surface area contributed by atoms with Gasteiger partial charge in [-0.1, -0.05) is 54.4 Å². The Morgan fingerprint density at radius 2 is 1.70 bits per heavy atom. The van der Waals surface area contributed by atoms with Gasteiger partial charge in [-0.05, 0) is 97.2 Å². The minimum atomic E-state index is -0.810. The van der Waals surface area contributed by atoms with Crippen molar-refractivity contribution in [2.75, 3.05) is 6.61 Å². The van der Waals surface area contributed by atoms with Gasteiger partial charge in [-0.15, -0.1) is 0 Å². The van der Waals surface area contributed by atoms with Crippen molar-refractivity contribution in [2.45, 2.75) is 112 Å². The Bertz CT molecular complexity index is 706. The first-order chi connectivity index (χ1) is 15.5. The number of esters is 1. The van der Waals surface area contributed by atoms with Gasteiger partial charge >= 0.3 is 5.97 Å². The molecule has 2 N–H and O–H groups in total. The molecule has 0 unspecified atom stereocenters. The lowest BCUT2D eigenvalue weighted by atomic mass is 9.48. The van der Waals surface area contributed by atoms with Crippen LogP contribution in [0.4, 0.5) is 0 Å². The largest absolute Gasteiger partial charge is 0.465 e. The summed E-state index contributed by atoms with van der Waals surface area (Å²) in [5.41, 5.74) is 0.0586. The van der Waals surface area contributed by atoms with Crippen LogP contribution in [0, 0.1) is 58.2 Å². The number of rotatable bonds is 6. The highest BCUT2D eigenvalue weighted by molar-refractivity contribution is 5.74. The topological polar surface area (TPSA) is 66.8 Å². The predicted molar refractivity (Wildman–Crippen MR) is 131 cm³/mol. The summed E-state index contributed by atoms with van der Waals surface area (Å²) in [5, 5.41) is 20.9.